The van der Waals surface area contributed by atoms with E-state index in [1.807, 2.05) is 0 Å². The Bertz CT molecular complexity index is 197. The van der Waals surface area contributed by atoms with Gasteiger partial charge in [0.15, 0.2) is 0 Å². The van der Waals surface area contributed by atoms with Gasteiger partial charge in [0, 0.05) is 12.1 Å². The van der Waals surface area contributed by atoms with Crippen LogP contribution < -0.4 is 5.32 Å². The molecule has 0 aromatic heterocycles. The van der Waals surface area contributed by atoms with Crippen molar-refractivity contribution in [2.75, 3.05) is 19.6 Å². The molecule has 1 aliphatic carbocycles. The number of likely N-dealkylation sites (tertiary alicyclic amines) is 1. The fraction of sp³-hybridized carbons (Fsp3) is 1.00. The van der Waals surface area contributed by atoms with E-state index in [1.54, 1.807) is 0 Å². The van der Waals surface area contributed by atoms with Crippen LogP contribution in [0.4, 0.5) is 0 Å². The lowest BCUT2D eigenvalue weighted by Crippen LogP contribution is -2.47. The van der Waals surface area contributed by atoms with Crippen LogP contribution in [0, 0.1) is 5.92 Å². The van der Waals surface area contributed by atoms with Gasteiger partial charge in [0.05, 0.1) is 0 Å². The molecule has 2 nitrogen and oxygen atoms in total. The SMILES string of the molecule is CCNC1CCN(C2CCCC(C)C2)CC1. The van der Waals surface area contributed by atoms with E-state index in [2.05, 4.69) is 24.1 Å². The first kappa shape index (κ1) is 12.4. The van der Waals surface area contributed by atoms with Crippen LogP contribution in [0.25, 0.3) is 0 Å². The minimum absolute atomic E-state index is 0.794. The molecule has 1 heterocycles. The standard InChI is InChI=1S/C14H28N2/c1-3-15-13-7-9-16(10-8-13)14-6-4-5-12(2)11-14/h12-15H,3-11H2,1-2H3. The summed E-state index contributed by atoms with van der Waals surface area (Å²) < 4.78 is 0. The maximum atomic E-state index is 3.59. The maximum Gasteiger partial charge on any atom is 0.00978 e. The molecule has 94 valence electrons. The normalized spacial score (nSPS) is 34.1. The Morgan fingerprint density at radius 3 is 2.50 bits per heavy atom. The average molecular weight is 224 g/mol. The summed E-state index contributed by atoms with van der Waals surface area (Å²) in [6.07, 6.45) is 8.54. The van der Waals surface area contributed by atoms with E-state index in [0.29, 0.717) is 0 Å². The summed E-state index contributed by atoms with van der Waals surface area (Å²) in [6, 6.07) is 1.70. The molecule has 1 saturated carbocycles. The molecule has 0 radical (unpaired) electrons. The van der Waals surface area contributed by atoms with Gasteiger partial charge >= 0.3 is 0 Å². The largest absolute Gasteiger partial charge is 0.314 e. The predicted octanol–water partition coefficient (Wildman–Crippen LogP) is 2.64. The molecule has 1 aliphatic heterocycles. The zero-order chi connectivity index (χ0) is 11.4. The molecule has 2 atom stereocenters. The van der Waals surface area contributed by atoms with Gasteiger partial charge < -0.3 is 10.2 Å². The van der Waals surface area contributed by atoms with Crippen molar-refractivity contribution in [1.82, 2.24) is 10.2 Å². The molecule has 2 heteroatoms. The Kier molecular flexibility index (Phi) is 4.66. The monoisotopic (exact) mass is 224 g/mol. The highest BCUT2D eigenvalue weighted by Gasteiger charge is 2.27. The van der Waals surface area contributed by atoms with E-state index in [1.165, 1.54) is 51.6 Å². The molecule has 0 aromatic carbocycles. The van der Waals surface area contributed by atoms with Crippen molar-refractivity contribution in [2.24, 2.45) is 5.92 Å². The fourth-order valence-electron chi connectivity index (χ4n) is 3.49. The highest BCUT2D eigenvalue weighted by atomic mass is 15.2. The number of nitrogens with zero attached hydrogens (tertiary/aromatic N) is 1. The van der Waals surface area contributed by atoms with Crippen LogP contribution in [0.15, 0.2) is 0 Å². The molecule has 2 fully saturated rings. The third kappa shape index (κ3) is 3.21. The van der Waals surface area contributed by atoms with E-state index in [4.69, 9.17) is 0 Å². The molecular weight excluding hydrogens is 196 g/mol. The predicted molar refractivity (Wildman–Crippen MR) is 69.7 cm³/mol. The second-order valence-electron chi connectivity index (χ2n) is 5.79. The Hall–Kier alpha value is -0.0800. The summed E-state index contributed by atoms with van der Waals surface area (Å²) in [7, 11) is 0. The molecule has 1 N–H and O–H groups in total. The zero-order valence-electron chi connectivity index (χ0n) is 11.0. The summed E-state index contributed by atoms with van der Waals surface area (Å²) in [5.74, 6) is 0.963. The van der Waals surface area contributed by atoms with Crippen molar-refractivity contribution >= 4 is 0 Å². The van der Waals surface area contributed by atoms with Crippen molar-refractivity contribution in [3.63, 3.8) is 0 Å². The van der Waals surface area contributed by atoms with E-state index in [-0.39, 0.29) is 0 Å². The van der Waals surface area contributed by atoms with Crippen molar-refractivity contribution in [2.45, 2.75) is 64.5 Å². The van der Waals surface area contributed by atoms with Gasteiger partial charge in [-0.2, -0.15) is 0 Å². The summed E-state index contributed by atoms with van der Waals surface area (Å²) in [5, 5.41) is 3.59. The highest BCUT2D eigenvalue weighted by Crippen LogP contribution is 2.28. The Morgan fingerprint density at radius 1 is 1.12 bits per heavy atom. The van der Waals surface area contributed by atoms with Crippen LogP contribution >= 0.6 is 0 Å². The fourth-order valence-corrected chi connectivity index (χ4v) is 3.49. The molecule has 2 rings (SSSR count). The Morgan fingerprint density at radius 2 is 1.88 bits per heavy atom. The zero-order valence-corrected chi connectivity index (χ0v) is 11.0. The van der Waals surface area contributed by atoms with Crippen LogP contribution in [0.5, 0.6) is 0 Å². The number of piperidine rings is 1. The van der Waals surface area contributed by atoms with Gasteiger partial charge in [0.2, 0.25) is 0 Å². The third-order valence-corrected chi connectivity index (χ3v) is 4.45. The molecule has 2 unspecified atom stereocenters. The minimum atomic E-state index is 0.794. The van der Waals surface area contributed by atoms with E-state index in [0.717, 1.165) is 24.5 Å². The summed E-state index contributed by atoms with van der Waals surface area (Å²) in [4.78, 5) is 2.77. The summed E-state index contributed by atoms with van der Waals surface area (Å²) in [6.45, 7) is 8.43. The highest BCUT2D eigenvalue weighted by molar-refractivity contribution is 4.84. The first-order chi connectivity index (χ1) is 7.79. The second-order valence-corrected chi connectivity index (χ2v) is 5.79. The van der Waals surface area contributed by atoms with Crippen molar-refractivity contribution in [1.29, 1.82) is 0 Å². The summed E-state index contributed by atoms with van der Waals surface area (Å²) >= 11 is 0. The molecule has 1 saturated heterocycles. The first-order valence-corrected chi connectivity index (χ1v) is 7.27. The van der Waals surface area contributed by atoms with E-state index < -0.39 is 0 Å². The van der Waals surface area contributed by atoms with Crippen molar-refractivity contribution < 1.29 is 0 Å². The smallest absolute Gasteiger partial charge is 0.00978 e. The van der Waals surface area contributed by atoms with Gasteiger partial charge in [0.25, 0.3) is 0 Å². The first-order valence-electron chi connectivity index (χ1n) is 7.27. The maximum absolute atomic E-state index is 3.59. The molecule has 0 amide bonds. The lowest BCUT2D eigenvalue weighted by atomic mass is 9.85. The topological polar surface area (TPSA) is 15.3 Å². The van der Waals surface area contributed by atoms with Crippen LogP contribution in [-0.4, -0.2) is 36.6 Å². The molecule has 0 spiro atoms. The summed E-state index contributed by atoms with van der Waals surface area (Å²) in [5.41, 5.74) is 0. The lowest BCUT2D eigenvalue weighted by Gasteiger charge is -2.41. The van der Waals surface area contributed by atoms with Gasteiger partial charge in [-0.15, -0.1) is 0 Å². The van der Waals surface area contributed by atoms with Crippen LogP contribution in [0.1, 0.15) is 52.4 Å². The van der Waals surface area contributed by atoms with Crippen LogP contribution in [0.2, 0.25) is 0 Å². The number of hydrogen-bond acceptors (Lipinski definition) is 2. The van der Waals surface area contributed by atoms with E-state index in [9.17, 15) is 0 Å². The van der Waals surface area contributed by atoms with Crippen molar-refractivity contribution in [3.8, 4) is 0 Å². The third-order valence-electron chi connectivity index (χ3n) is 4.45. The van der Waals surface area contributed by atoms with Gasteiger partial charge in [-0.05, 0) is 51.2 Å². The van der Waals surface area contributed by atoms with Crippen LogP contribution in [-0.2, 0) is 0 Å². The Labute approximate surface area is 101 Å². The van der Waals surface area contributed by atoms with Crippen molar-refractivity contribution in [3.05, 3.63) is 0 Å². The number of nitrogens with one attached hydrogen (secondary N) is 1. The Balaban J connectivity index is 1.75. The van der Waals surface area contributed by atoms with Gasteiger partial charge in [-0.25, -0.2) is 0 Å². The van der Waals surface area contributed by atoms with Gasteiger partial charge in [-0.1, -0.05) is 26.7 Å². The number of hydrogen-bond donors (Lipinski definition) is 1. The lowest BCUT2D eigenvalue weighted by molar-refractivity contribution is 0.101. The molecule has 0 aromatic rings. The number of rotatable bonds is 3. The van der Waals surface area contributed by atoms with Gasteiger partial charge in [-0.3, -0.25) is 0 Å². The average Bonchev–Trinajstić information content (AvgIpc) is 2.30. The molecular formula is C14H28N2. The molecule has 0 bridgehead atoms. The quantitative estimate of drug-likeness (QED) is 0.793. The second kappa shape index (κ2) is 6.02. The minimum Gasteiger partial charge on any atom is -0.314 e. The molecule has 2 aliphatic rings. The van der Waals surface area contributed by atoms with E-state index >= 15 is 0 Å². The molecule has 16 heavy (non-hydrogen) atoms. The van der Waals surface area contributed by atoms with Gasteiger partial charge in [0.1, 0.15) is 0 Å². The van der Waals surface area contributed by atoms with Crippen LogP contribution in [0.3, 0.4) is 0 Å².